The second-order valence-corrected chi connectivity index (χ2v) is 6.04. The summed E-state index contributed by atoms with van der Waals surface area (Å²) < 4.78 is 46.2. The van der Waals surface area contributed by atoms with Gasteiger partial charge in [-0.15, -0.1) is 0 Å². The number of morpholine rings is 1. The van der Waals surface area contributed by atoms with Gasteiger partial charge in [0.2, 0.25) is 0 Å². The second-order valence-electron chi connectivity index (χ2n) is 6.04. The quantitative estimate of drug-likeness (QED) is 0.807. The summed E-state index contributed by atoms with van der Waals surface area (Å²) in [5.41, 5.74) is -1.44. The highest BCUT2D eigenvalue weighted by Crippen LogP contribution is 2.32. The van der Waals surface area contributed by atoms with E-state index in [0.717, 1.165) is 6.07 Å². The van der Waals surface area contributed by atoms with Crippen molar-refractivity contribution in [2.75, 3.05) is 18.0 Å². The molecule has 0 spiro atoms. The minimum Gasteiger partial charge on any atom is -0.369 e. The molecule has 3 rings (SSSR count). The van der Waals surface area contributed by atoms with E-state index in [4.69, 9.17) is 4.74 Å². The predicted molar refractivity (Wildman–Crippen MR) is 72.6 cm³/mol. The maximum atomic E-state index is 13.0. The van der Waals surface area contributed by atoms with Crippen molar-refractivity contribution in [2.45, 2.75) is 38.7 Å². The molecule has 6 nitrogen and oxygen atoms in total. The van der Waals surface area contributed by atoms with Gasteiger partial charge < -0.3 is 9.64 Å². The largest absolute Gasteiger partial charge is 0.433 e. The summed E-state index contributed by atoms with van der Waals surface area (Å²) in [4.78, 5) is 9.14. The van der Waals surface area contributed by atoms with Crippen molar-refractivity contribution in [3.63, 3.8) is 0 Å². The molecule has 1 aliphatic rings. The van der Waals surface area contributed by atoms with Gasteiger partial charge in [0.25, 0.3) is 5.78 Å². The van der Waals surface area contributed by atoms with Gasteiger partial charge in [0.1, 0.15) is 12.1 Å². The van der Waals surface area contributed by atoms with Crippen molar-refractivity contribution in [1.82, 2.24) is 19.6 Å². The van der Waals surface area contributed by atoms with Crippen LogP contribution in [0.2, 0.25) is 0 Å². The van der Waals surface area contributed by atoms with E-state index >= 15 is 0 Å². The van der Waals surface area contributed by atoms with E-state index in [1.807, 2.05) is 25.7 Å². The number of hydrogen-bond donors (Lipinski definition) is 0. The maximum Gasteiger partial charge on any atom is 0.433 e. The zero-order valence-electron chi connectivity index (χ0n) is 12.4. The van der Waals surface area contributed by atoms with Gasteiger partial charge in [-0.05, 0) is 20.8 Å². The van der Waals surface area contributed by atoms with Gasteiger partial charge in [0.15, 0.2) is 5.69 Å². The molecule has 120 valence electrons. The summed E-state index contributed by atoms with van der Waals surface area (Å²) >= 11 is 0. The highest BCUT2D eigenvalue weighted by atomic mass is 19.4. The van der Waals surface area contributed by atoms with Crippen LogP contribution < -0.4 is 4.90 Å². The first-order valence-electron chi connectivity index (χ1n) is 6.86. The molecule has 0 radical (unpaired) electrons. The number of rotatable bonds is 1. The molecule has 22 heavy (non-hydrogen) atoms. The highest BCUT2D eigenvalue weighted by Gasteiger charge is 2.37. The molecule has 0 N–H and O–H groups in total. The smallest absolute Gasteiger partial charge is 0.369 e. The van der Waals surface area contributed by atoms with E-state index in [1.165, 1.54) is 10.8 Å². The van der Waals surface area contributed by atoms with E-state index in [2.05, 4.69) is 15.1 Å². The molecule has 1 atom stereocenters. The average molecular weight is 315 g/mol. The second kappa shape index (κ2) is 4.80. The van der Waals surface area contributed by atoms with Gasteiger partial charge in [-0.25, -0.2) is 4.98 Å². The third-order valence-electron chi connectivity index (χ3n) is 3.42. The molecule has 9 heteroatoms. The zero-order valence-corrected chi connectivity index (χ0v) is 12.4. The minimum absolute atomic E-state index is 0.0678. The number of ether oxygens (including phenoxy) is 1. The Hall–Kier alpha value is -1.90. The normalized spacial score (nSPS) is 22.3. The SMILES string of the molecule is CC1CN(c2cc(C(F)(F)F)nc3ncnn23)CC(C)(C)O1. The highest BCUT2D eigenvalue weighted by molar-refractivity contribution is 5.48. The Kier molecular flexibility index (Phi) is 3.28. The molecule has 1 saturated heterocycles. The first-order valence-corrected chi connectivity index (χ1v) is 6.86. The first-order chi connectivity index (χ1) is 10.2. The molecule has 2 aromatic rings. The van der Waals surface area contributed by atoms with Crippen LogP contribution in [-0.2, 0) is 10.9 Å². The molecule has 1 fully saturated rings. The Balaban J connectivity index is 2.11. The lowest BCUT2D eigenvalue weighted by Crippen LogP contribution is -2.52. The van der Waals surface area contributed by atoms with Crippen molar-refractivity contribution in [2.24, 2.45) is 0 Å². The third-order valence-corrected chi connectivity index (χ3v) is 3.42. The van der Waals surface area contributed by atoms with Crippen LogP contribution in [0.15, 0.2) is 12.4 Å². The summed E-state index contributed by atoms with van der Waals surface area (Å²) in [6.45, 7) is 6.62. The topological polar surface area (TPSA) is 55.6 Å². The van der Waals surface area contributed by atoms with Crippen molar-refractivity contribution >= 4 is 11.6 Å². The molecule has 2 aromatic heterocycles. The summed E-state index contributed by atoms with van der Waals surface area (Å²) in [6.07, 6.45) is -3.44. The molecule has 0 aliphatic carbocycles. The third kappa shape index (κ3) is 2.72. The lowest BCUT2D eigenvalue weighted by atomic mass is 10.1. The molecular formula is C13H16F3N5O. The van der Waals surface area contributed by atoms with Crippen LogP contribution in [0.4, 0.5) is 19.0 Å². The molecule has 1 unspecified atom stereocenters. The fraction of sp³-hybridized carbons (Fsp3) is 0.615. The van der Waals surface area contributed by atoms with E-state index in [9.17, 15) is 13.2 Å². The first kappa shape index (κ1) is 15.0. The van der Waals surface area contributed by atoms with Crippen molar-refractivity contribution in [3.05, 3.63) is 18.1 Å². The van der Waals surface area contributed by atoms with Crippen LogP contribution in [0.3, 0.4) is 0 Å². The molecule has 0 aromatic carbocycles. The van der Waals surface area contributed by atoms with E-state index in [-0.39, 0.29) is 11.9 Å². The zero-order chi connectivity index (χ0) is 16.1. The number of fused-ring (bicyclic) bond motifs is 1. The van der Waals surface area contributed by atoms with Crippen molar-refractivity contribution < 1.29 is 17.9 Å². The number of alkyl halides is 3. The fourth-order valence-electron chi connectivity index (χ4n) is 2.80. The lowest BCUT2D eigenvalue weighted by Gasteiger charge is -2.42. The molecule has 0 amide bonds. The Morgan fingerprint density at radius 1 is 1.36 bits per heavy atom. The maximum absolute atomic E-state index is 13.0. The van der Waals surface area contributed by atoms with Gasteiger partial charge in [0.05, 0.1) is 11.7 Å². The van der Waals surface area contributed by atoms with Crippen molar-refractivity contribution in [1.29, 1.82) is 0 Å². The van der Waals surface area contributed by atoms with E-state index in [0.29, 0.717) is 18.9 Å². The van der Waals surface area contributed by atoms with Crippen LogP contribution in [0, 0.1) is 0 Å². The number of halogens is 3. The standard InChI is InChI=1S/C13H16F3N5O/c1-8-5-20(6-12(2,3)22-8)10-4-9(13(14,15)16)19-11-17-7-18-21(10)11/h4,7-8H,5-6H2,1-3H3. The summed E-state index contributed by atoms with van der Waals surface area (Å²) in [5, 5.41) is 3.98. The van der Waals surface area contributed by atoms with Crippen molar-refractivity contribution in [3.8, 4) is 0 Å². The van der Waals surface area contributed by atoms with Gasteiger partial charge in [-0.2, -0.15) is 27.8 Å². The number of hydrogen-bond acceptors (Lipinski definition) is 5. The van der Waals surface area contributed by atoms with E-state index in [1.54, 1.807) is 0 Å². The van der Waals surface area contributed by atoms with Gasteiger partial charge in [-0.3, -0.25) is 0 Å². The fourth-order valence-corrected chi connectivity index (χ4v) is 2.80. The summed E-state index contributed by atoms with van der Waals surface area (Å²) in [5.74, 6) is 0.250. The average Bonchev–Trinajstić information content (AvgIpc) is 2.81. The molecule has 1 aliphatic heterocycles. The number of anilines is 1. The van der Waals surface area contributed by atoms with Gasteiger partial charge >= 0.3 is 6.18 Å². The van der Waals surface area contributed by atoms with Crippen LogP contribution in [0.5, 0.6) is 0 Å². The van der Waals surface area contributed by atoms with Crippen LogP contribution >= 0.6 is 0 Å². The van der Waals surface area contributed by atoms with E-state index < -0.39 is 17.5 Å². The summed E-state index contributed by atoms with van der Waals surface area (Å²) in [7, 11) is 0. The number of aromatic nitrogens is 4. The molecular weight excluding hydrogens is 299 g/mol. The summed E-state index contributed by atoms with van der Waals surface area (Å²) in [6, 6.07) is 1.01. The lowest BCUT2D eigenvalue weighted by molar-refractivity contribution is -0.141. The van der Waals surface area contributed by atoms with Crippen LogP contribution in [0.1, 0.15) is 26.5 Å². The minimum atomic E-state index is -4.53. The Bertz CT molecular complexity index is 697. The van der Waals surface area contributed by atoms with Crippen LogP contribution in [0.25, 0.3) is 5.78 Å². The van der Waals surface area contributed by atoms with Gasteiger partial charge in [0, 0.05) is 19.2 Å². The number of nitrogens with zero attached hydrogens (tertiary/aromatic N) is 5. The molecule has 0 saturated carbocycles. The monoisotopic (exact) mass is 315 g/mol. The molecule has 3 heterocycles. The van der Waals surface area contributed by atoms with Gasteiger partial charge in [-0.1, -0.05) is 0 Å². The Morgan fingerprint density at radius 2 is 2.09 bits per heavy atom. The van der Waals surface area contributed by atoms with Crippen LogP contribution in [-0.4, -0.2) is 44.4 Å². The Labute approximate surface area is 124 Å². The molecule has 0 bridgehead atoms. The predicted octanol–water partition coefficient (Wildman–Crippen LogP) is 2.15. The Morgan fingerprint density at radius 3 is 2.73 bits per heavy atom.